The second kappa shape index (κ2) is 13.3. The van der Waals surface area contributed by atoms with E-state index in [2.05, 4.69) is 10.0 Å². The van der Waals surface area contributed by atoms with Gasteiger partial charge in [-0.1, -0.05) is 96.1 Å². The Hall–Kier alpha value is -3.61. The Morgan fingerprint density at radius 3 is 1.86 bits per heavy atom. The number of benzene rings is 3. The molecule has 180 valence electrons. The summed E-state index contributed by atoms with van der Waals surface area (Å²) in [4.78, 5) is 2.87. The maximum absolute atomic E-state index is 8.81. The van der Waals surface area contributed by atoms with Gasteiger partial charge in [0.1, 0.15) is 18.0 Å². The molecule has 0 N–H and O–H groups in total. The molecular weight excluding hydrogens is 442 g/mol. The fourth-order valence-corrected chi connectivity index (χ4v) is 3.86. The van der Waals surface area contributed by atoms with Crippen LogP contribution >= 0.6 is 0 Å². The van der Waals surface area contributed by atoms with E-state index in [1.807, 2.05) is 97.1 Å². The van der Waals surface area contributed by atoms with Crippen LogP contribution in [0, 0.1) is 0 Å². The summed E-state index contributed by atoms with van der Waals surface area (Å²) in [5.41, 5.74) is 12.0. The van der Waals surface area contributed by atoms with Gasteiger partial charge in [-0.2, -0.15) is 0 Å². The number of azide groups is 1. The smallest absolute Gasteiger partial charge is 0.150 e. The Kier molecular flexibility index (Phi) is 9.33. The van der Waals surface area contributed by atoms with Gasteiger partial charge >= 0.3 is 0 Å². The summed E-state index contributed by atoms with van der Waals surface area (Å²) in [5.74, 6) is 0.550. The molecule has 0 saturated heterocycles. The number of rotatable bonds is 12. The fourth-order valence-electron chi connectivity index (χ4n) is 3.86. The minimum Gasteiger partial charge on any atom is -0.490 e. The first-order valence-electron chi connectivity index (χ1n) is 11.6. The molecule has 7 nitrogen and oxygen atoms in total. The first-order valence-corrected chi connectivity index (χ1v) is 11.6. The highest BCUT2D eigenvalue weighted by Gasteiger charge is 2.37. The SMILES string of the molecule is [N-]=[N+]=NCC1=C[C@@H](OCc2ccccc2)[C@H](OCc2ccccc2)[C@@H](COCc2ccccc2)O1. The molecule has 0 unspecified atom stereocenters. The molecule has 3 aromatic carbocycles. The lowest BCUT2D eigenvalue weighted by Crippen LogP contribution is -2.47. The Morgan fingerprint density at radius 2 is 1.29 bits per heavy atom. The number of nitrogens with zero attached hydrogens (tertiary/aromatic N) is 3. The molecule has 0 spiro atoms. The van der Waals surface area contributed by atoms with Crippen LogP contribution in [0.15, 0.2) is 108 Å². The van der Waals surface area contributed by atoms with E-state index in [-0.39, 0.29) is 6.54 Å². The third kappa shape index (κ3) is 7.70. The van der Waals surface area contributed by atoms with Gasteiger partial charge in [0, 0.05) is 4.91 Å². The van der Waals surface area contributed by atoms with Crippen molar-refractivity contribution in [3.05, 3.63) is 130 Å². The third-order valence-electron chi connectivity index (χ3n) is 5.60. The van der Waals surface area contributed by atoms with E-state index in [0.717, 1.165) is 16.7 Å². The van der Waals surface area contributed by atoms with Crippen molar-refractivity contribution in [1.29, 1.82) is 0 Å². The van der Waals surface area contributed by atoms with Gasteiger partial charge in [-0.25, -0.2) is 0 Å². The molecule has 0 fully saturated rings. The Morgan fingerprint density at radius 1 is 0.743 bits per heavy atom. The highest BCUT2D eigenvalue weighted by atomic mass is 16.6. The lowest BCUT2D eigenvalue weighted by molar-refractivity contribution is -0.153. The molecule has 0 bridgehead atoms. The van der Waals surface area contributed by atoms with Gasteiger partial charge in [0.05, 0.1) is 33.0 Å². The minimum absolute atomic E-state index is 0.0995. The lowest BCUT2D eigenvalue weighted by Gasteiger charge is -2.37. The molecule has 1 heterocycles. The molecule has 3 aromatic rings. The van der Waals surface area contributed by atoms with Crippen LogP contribution in [0.1, 0.15) is 16.7 Å². The summed E-state index contributed by atoms with van der Waals surface area (Å²) in [7, 11) is 0. The van der Waals surface area contributed by atoms with E-state index in [0.29, 0.717) is 32.2 Å². The maximum Gasteiger partial charge on any atom is 0.150 e. The summed E-state index contributed by atoms with van der Waals surface area (Å²) in [6, 6.07) is 29.9. The molecule has 1 aliphatic heterocycles. The number of hydrogen-bond acceptors (Lipinski definition) is 5. The van der Waals surface area contributed by atoms with Gasteiger partial charge in [-0.3, -0.25) is 0 Å². The normalized spacial score (nSPS) is 19.3. The molecule has 0 aliphatic carbocycles. The van der Waals surface area contributed by atoms with Crippen molar-refractivity contribution < 1.29 is 18.9 Å². The Balaban J connectivity index is 1.50. The largest absolute Gasteiger partial charge is 0.490 e. The monoisotopic (exact) mass is 471 g/mol. The van der Waals surface area contributed by atoms with Crippen LogP contribution in [0.3, 0.4) is 0 Å². The molecule has 0 radical (unpaired) electrons. The van der Waals surface area contributed by atoms with E-state index < -0.39 is 18.3 Å². The zero-order valence-corrected chi connectivity index (χ0v) is 19.5. The second-order valence-corrected chi connectivity index (χ2v) is 8.20. The molecule has 1 aliphatic rings. The van der Waals surface area contributed by atoms with Crippen LogP contribution in [0.5, 0.6) is 0 Å². The van der Waals surface area contributed by atoms with Crippen molar-refractivity contribution in [2.75, 3.05) is 13.2 Å². The first-order chi connectivity index (χ1) is 17.3. The number of ether oxygens (including phenoxy) is 4. The summed E-state index contributed by atoms with van der Waals surface area (Å²) in [6.45, 7) is 1.68. The van der Waals surface area contributed by atoms with Crippen molar-refractivity contribution >= 4 is 0 Å². The Bertz CT molecular complexity index is 1100. The summed E-state index contributed by atoms with van der Waals surface area (Å²) >= 11 is 0. The van der Waals surface area contributed by atoms with Gasteiger partial charge in [-0.15, -0.1) is 0 Å². The van der Waals surface area contributed by atoms with E-state index >= 15 is 0 Å². The maximum atomic E-state index is 8.81. The van der Waals surface area contributed by atoms with Crippen molar-refractivity contribution in [3.63, 3.8) is 0 Å². The standard InChI is InChI=1S/C28H29N3O4/c29-31-30-17-25-16-26(33-19-23-12-6-2-7-13-23)28(34-20-24-14-8-3-9-15-24)27(35-25)21-32-18-22-10-4-1-5-11-22/h1-16,26-28H,17-21H2/t26-,27-,28+/m1/s1. The van der Waals surface area contributed by atoms with Crippen molar-refractivity contribution in [3.8, 4) is 0 Å². The van der Waals surface area contributed by atoms with Gasteiger partial charge in [0.2, 0.25) is 0 Å². The van der Waals surface area contributed by atoms with Crippen molar-refractivity contribution in [1.82, 2.24) is 0 Å². The zero-order valence-electron chi connectivity index (χ0n) is 19.5. The molecule has 4 rings (SSSR count). The van der Waals surface area contributed by atoms with Gasteiger partial charge in [-0.05, 0) is 28.3 Å². The molecule has 0 amide bonds. The van der Waals surface area contributed by atoms with E-state index in [4.69, 9.17) is 24.5 Å². The topological polar surface area (TPSA) is 85.7 Å². The lowest BCUT2D eigenvalue weighted by atomic mass is 10.0. The molecule has 3 atom stereocenters. The van der Waals surface area contributed by atoms with Crippen LogP contribution in [0.25, 0.3) is 10.4 Å². The third-order valence-corrected chi connectivity index (χ3v) is 5.60. The van der Waals surface area contributed by atoms with Gasteiger partial charge in [0.25, 0.3) is 0 Å². The van der Waals surface area contributed by atoms with E-state index in [1.54, 1.807) is 0 Å². The molecule has 0 saturated carbocycles. The van der Waals surface area contributed by atoms with E-state index in [9.17, 15) is 0 Å². The van der Waals surface area contributed by atoms with Crippen LogP contribution in [-0.2, 0) is 38.8 Å². The van der Waals surface area contributed by atoms with Gasteiger partial charge in [0.15, 0.2) is 6.10 Å². The summed E-state index contributed by atoms with van der Waals surface area (Å²) < 4.78 is 24.9. The summed E-state index contributed by atoms with van der Waals surface area (Å²) in [5, 5.41) is 3.68. The van der Waals surface area contributed by atoms with Crippen LogP contribution in [-0.4, -0.2) is 31.5 Å². The highest BCUT2D eigenvalue weighted by molar-refractivity contribution is 5.16. The van der Waals surface area contributed by atoms with E-state index in [1.165, 1.54) is 0 Å². The molecule has 0 aromatic heterocycles. The van der Waals surface area contributed by atoms with Crippen LogP contribution < -0.4 is 0 Å². The highest BCUT2D eigenvalue weighted by Crippen LogP contribution is 2.26. The first kappa shape index (κ1) is 24.5. The minimum atomic E-state index is -0.433. The average Bonchev–Trinajstić information content (AvgIpc) is 2.92. The van der Waals surface area contributed by atoms with Crippen LogP contribution in [0.4, 0.5) is 0 Å². The quantitative estimate of drug-likeness (QED) is 0.185. The van der Waals surface area contributed by atoms with Crippen molar-refractivity contribution in [2.45, 2.75) is 38.1 Å². The molecular formula is C28H29N3O4. The zero-order chi connectivity index (χ0) is 24.1. The average molecular weight is 472 g/mol. The van der Waals surface area contributed by atoms with Crippen LogP contribution in [0.2, 0.25) is 0 Å². The van der Waals surface area contributed by atoms with Gasteiger partial charge < -0.3 is 18.9 Å². The number of hydrogen-bond donors (Lipinski definition) is 0. The summed E-state index contributed by atoms with van der Waals surface area (Å²) in [6.07, 6.45) is 0.601. The Labute approximate surface area is 205 Å². The molecule has 7 heteroatoms. The second-order valence-electron chi connectivity index (χ2n) is 8.20. The fraction of sp³-hybridized carbons (Fsp3) is 0.286. The predicted molar refractivity (Wildman–Crippen MR) is 133 cm³/mol. The molecule has 35 heavy (non-hydrogen) atoms. The predicted octanol–water partition coefficient (Wildman–Crippen LogP) is 5.97. The van der Waals surface area contributed by atoms with Crippen molar-refractivity contribution in [2.24, 2.45) is 5.11 Å².